The van der Waals surface area contributed by atoms with Gasteiger partial charge < -0.3 is 4.90 Å². The van der Waals surface area contributed by atoms with Gasteiger partial charge in [-0.05, 0) is 37.0 Å². The van der Waals surface area contributed by atoms with Gasteiger partial charge in [0.2, 0.25) is 5.78 Å². The Morgan fingerprint density at radius 2 is 1.86 bits per heavy atom. The van der Waals surface area contributed by atoms with Crippen LogP contribution in [0.2, 0.25) is 0 Å². The van der Waals surface area contributed by atoms with Crippen molar-refractivity contribution in [2.45, 2.75) is 51.6 Å². The molecule has 0 saturated carbocycles. The summed E-state index contributed by atoms with van der Waals surface area (Å²) in [6, 6.07) is 7.76. The van der Waals surface area contributed by atoms with E-state index in [1.54, 1.807) is 0 Å². The summed E-state index contributed by atoms with van der Waals surface area (Å²) in [5.41, 5.74) is 1.89. The third kappa shape index (κ3) is 3.00. The quantitative estimate of drug-likeness (QED) is 0.685. The van der Waals surface area contributed by atoms with Gasteiger partial charge in [-0.15, -0.1) is 0 Å². The van der Waals surface area contributed by atoms with Crippen LogP contribution in [0.5, 0.6) is 0 Å². The molecule has 0 amide bonds. The molecule has 1 aliphatic rings. The fraction of sp³-hybridized carbons (Fsp3) is 0.529. The molecule has 21 heavy (non-hydrogen) atoms. The SMILES string of the molecule is CC(C)(C)c1ccc(N2CNC(C)(C)C2C(=O)C=O)cc1. The Morgan fingerprint density at radius 3 is 2.33 bits per heavy atom. The second kappa shape index (κ2) is 5.26. The zero-order valence-electron chi connectivity index (χ0n) is 13.4. The predicted molar refractivity (Wildman–Crippen MR) is 84.6 cm³/mol. The molecule has 1 aromatic rings. The molecule has 0 aliphatic carbocycles. The summed E-state index contributed by atoms with van der Waals surface area (Å²) in [5, 5.41) is 3.30. The van der Waals surface area contributed by atoms with Crippen molar-refractivity contribution in [3.05, 3.63) is 29.8 Å². The summed E-state index contributed by atoms with van der Waals surface area (Å²) in [7, 11) is 0. The summed E-state index contributed by atoms with van der Waals surface area (Å²) in [4.78, 5) is 24.9. The largest absolute Gasteiger partial charge is 0.346 e. The highest BCUT2D eigenvalue weighted by molar-refractivity contribution is 6.28. The minimum Gasteiger partial charge on any atom is -0.346 e. The lowest BCUT2D eigenvalue weighted by Crippen LogP contribution is -2.50. The number of carbonyl (C=O) groups excluding carboxylic acids is 2. The van der Waals surface area contributed by atoms with Crippen molar-refractivity contribution < 1.29 is 9.59 Å². The number of nitrogens with one attached hydrogen (secondary N) is 1. The Labute approximate surface area is 126 Å². The number of carbonyl (C=O) groups is 2. The molecular weight excluding hydrogens is 264 g/mol. The van der Waals surface area contributed by atoms with E-state index in [0.29, 0.717) is 13.0 Å². The first-order valence-corrected chi connectivity index (χ1v) is 7.28. The highest BCUT2D eigenvalue weighted by Gasteiger charge is 2.44. The molecule has 4 heteroatoms. The maximum Gasteiger partial charge on any atom is 0.219 e. The van der Waals surface area contributed by atoms with Crippen molar-refractivity contribution >= 4 is 17.8 Å². The molecule has 1 saturated heterocycles. The minimum absolute atomic E-state index is 0.0963. The maximum atomic E-state index is 12.0. The zero-order chi connectivity index (χ0) is 15.8. The lowest BCUT2D eigenvalue weighted by atomic mass is 9.87. The number of aldehydes is 1. The molecule has 1 atom stereocenters. The second-order valence-electron chi connectivity index (χ2n) is 7.25. The van der Waals surface area contributed by atoms with Gasteiger partial charge in [-0.1, -0.05) is 32.9 Å². The summed E-state index contributed by atoms with van der Waals surface area (Å²) in [6.07, 6.45) is 0.427. The van der Waals surface area contributed by atoms with Crippen LogP contribution in [0.1, 0.15) is 40.2 Å². The highest BCUT2D eigenvalue weighted by Crippen LogP contribution is 2.30. The number of nitrogens with zero attached hydrogens (tertiary/aromatic N) is 1. The Balaban J connectivity index is 2.33. The fourth-order valence-electron chi connectivity index (χ4n) is 2.83. The van der Waals surface area contributed by atoms with Gasteiger partial charge in [0.1, 0.15) is 6.04 Å². The van der Waals surface area contributed by atoms with Gasteiger partial charge in [-0.2, -0.15) is 0 Å². The van der Waals surface area contributed by atoms with Crippen LogP contribution in [0.25, 0.3) is 0 Å². The molecule has 1 N–H and O–H groups in total. The van der Waals surface area contributed by atoms with E-state index in [4.69, 9.17) is 0 Å². The molecule has 0 radical (unpaired) electrons. The van der Waals surface area contributed by atoms with E-state index in [1.807, 2.05) is 30.9 Å². The predicted octanol–water partition coefficient (Wildman–Crippen LogP) is 2.27. The lowest BCUT2D eigenvalue weighted by Gasteiger charge is -2.30. The Hall–Kier alpha value is -1.68. The molecule has 4 nitrogen and oxygen atoms in total. The monoisotopic (exact) mass is 288 g/mol. The van der Waals surface area contributed by atoms with E-state index in [0.717, 1.165) is 5.69 Å². The van der Waals surface area contributed by atoms with Crippen molar-refractivity contribution in [2.24, 2.45) is 0 Å². The van der Waals surface area contributed by atoms with Gasteiger partial charge in [0.25, 0.3) is 0 Å². The van der Waals surface area contributed by atoms with Crippen LogP contribution in [0, 0.1) is 0 Å². The molecule has 0 spiro atoms. The van der Waals surface area contributed by atoms with E-state index in [-0.39, 0.29) is 11.2 Å². The third-order valence-corrected chi connectivity index (χ3v) is 4.15. The molecule has 0 bridgehead atoms. The average Bonchev–Trinajstić information content (AvgIpc) is 2.73. The molecule has 2 rings (SSSR count). The van der Waals surface area contributed by atoms with Gasteiger partial charge in [-0.3, -0.25) is 14.9 Å². The average molecular weight is 288 g/mol. The smallest absolute Gasteiger partial charge is 0.219 e. The van der Waals surface area contributed by atoms with Crippen molar-refractivity contribution in [3.63, 3.8) is 0 Å². The van der Waals surface area contributed by atoms with Crippen molar-refractivity contribution in [3.8, 4) is 0 Å². The van der Waals surface area contributed by atoms with Crippen molar-refractivity contribution in [2.75, 3.05) is 11.6 Å². The first kappa shape index (κ1) is 15.7. The van der Waals surface area contributed by atoms with E-state index in [9.17, 15) is 9.59 Å². The number of ketones is 1. The molecule has 114 valence electrons. The van der Waals surface area contributed by atoms with Crippen LogP contribution < -0.4 is 10.2 Å². The van der Waals surface area contributed by atoms with E-state index in [2.05, 4.69) is 38.2 Å². The van der Waals surface area contributed by atoms with Crippen LogP contribution >= 0.6 is 0 Å². The number of anilines is 1. The molecule has 1 heterocycles. The first-order chi connectivity index (χ1) is 9.66. The third-order valence-electron chi connectivity index (χ3n) is 4.15. The van der Waals surface area contributed by atoms with Gasteiger partial charge in [0.15, 0.2) is 6.29 Å². The van der Waals surface area contributed by atoms with Gasteiger partial charge in [0, 0.05) is 11.2 Å². The van der Waals surface area contributed by atoms with Crippen LogP contribution in [-0.2, 0) is 15.0 Å². The minimum atomic E-state index is -0.463. The fourth-order valence-corrected chi connectivity index (χ4v) is 2.83. The maximum absolute atomic E-state index is 12.0. The van der Waals surface area contributed by atoms with Crippen molar-refractivity contribution in [1.29, 1.82) is 0 Å². The topological polar surface area (TPSA) is 49.4 Å². The summed E-state index contributed by atoms with van der Waals surface area (Å²) in [6.45, 7) is 11.0. The number of hydrogen-bond donors (Lipinski definition) is 1. The molecule has 1 unspecified atom stereocenters. The van der Waals surface area contributed by atoms with Crippen molar-refractivity contribution in [1.82, 2.24) is 5.32 Å². The first-order valence-electron chi connectivity index (χ1n) is 7.28. The standard InChI is InChI=1S/C17H24N2O2/c1-16(2,3)12-6-8-13(9-7-12)19-11-18-17(4,5)15(19)14(21)10-20/h6-10,15,18H,11H2,1-5H3. The molecular formula is C17H24N2O2. The molecule has 1 fully saturated rings. The van der Waals surface area contributed by atoms with E-state index < -0.39 is 11.6 Å². The molecule has 1 aliphatic heterocycles. The van der Waals surface area contributed by atoms with Crippen LogP contribution in [0.3, 0.4) is 0 Å². The van der Waals surface area contributed by atoms with Crippen LogP contribution in [-0.4, -0.2) is 30.3 Å². The highest BCUT2D eigenvalue weighted by atomic mass is 16.2. The van der Waals surface area contributed by atoms with Crippen LogP contribution in [0.15, 0.2) is 24.3 Å². The van der Waals surface area contributed by atoms with Gasteiger partial charge in [-0.25, -0.2) is 0 Å². The number of benzene rings is 1. The second-order valence-corrected chi connectivity index (χ2v) is 7.25. The molecule has 1 aromatic carbocycles. The summed E-state index contributed by atoms with van der Waals surface area (Å²) < 4.78 is 0. The Bertz CT molecular complexity index is 541. The Morgan fingerprint density at radius 1 is 1.29 bits per heavy atom. The van der Waals surface area contributed by atoms with Gasteiger partial charge >= 0.3 is 0 Å². The van der Waals surface area contributed by atoms with Crippen LogP contribution in [0.4, 0.5) is 5.69 Å². The lowest BCUT2D eigenvalue weighted by molar-refractivity contribution is -0.131. The number of hydrogen-bond acceptors (Lipinski definition) is 4. The number of Topliss-reactive ketones (excluding diaryl/α,β-unsaturated/α-hetero) is 1. The summed E-state index contributed by atoms with van der Waals surface area (Å²) >= 11 is 0. The Kier molecular flexibility index (Phi) is 3.93. The molecule has 0 aromatic heterocycles. The van der Waals surface area contributed by atoms with E-state index >= 15 is 0 Å². The number of rotatable bonds is 3. The zero-order valence-corrected chi connectivity index (χ0v) is 13.4. The van der Waals surface area contributed by atoms with E-state index in [1.165, 1.54) is 5.56 Å². The van der Waals surface area contributed by atoms with Gasteiger partial charge in [0.05, 0.1) is 6.67 Å². The summed E-state index contributed by atoms with van der Waals surface area (Å²) in [5.74, 6) is -0.384. The normalized spacial score (nSPS) is 21.4.